The predicted octanol–water partition coefficient (Wildman–Crippen LogP) is 3.19. The molecule has 0 aliphatic rings. The molecular formula is C17H12N2O3. The first-order chi connectivity index (χ1) is 10.6. The zero-order valence-corrected chi connectivity index (χ0v) is 11.5. The largest absolute Gasteiger partial charge is 0.478 e. The molecule has 1 amide bonds. The molecule has 0 bridgehead atoms. The summed E-state index contributed by atoms with van der Waals surface area (Å²) in [5.41, 5.74) is 1.87. The van der Waals surface area contributed by atoms with Crippen LogP contribution < -0.4 is 5.32 Å². The number of anilines is 1. The summed E-state index contributed by atoms with van der Waals surface area (Å²) >= 11 is 0. The number of nitrogens with zero attached hydrogens (tertiary/aromatic N) is 1. The molecule has 0 radical (unpaired) electrons. The van der Waals surface area contributed by atoms with E-state index in [0.29, 0.717) is 11.3 Å². The first kappa shape index (κ1) is 13.8. The van der Waals surface area contributed by atoms with E-state index in [-0.39, 0.29) is 11.5 Å². The molecule has 1 aromatic heterocycles. The zero-order chi connectivity index (χ0) is 15.5. The summed E-state index contributed by atoms with van der Waals surface area (Å²) < 4.78 is 0. The Labute approximate surface area is 126 Å². The molecule has 3 rings (SSSR count). The molecule has 5 nitrogen and oxygen atoms in total. The molecule has 0 aliphatic heterocycles. The third kappa shape index (κ3) is 2.78. The molecule has 22 heavy (non-hydrogen) atoms. The average Bonchev–Trinajstić information content (AvgIpc) is 2.54. The molecule has 0 fully saturated rings. The quantitative estimate of drug-likeness (QED) is 0.777. The lowest BCUT2D eigenvalue weighted by atomic mass is 10.1. The maximum Gasteiger partial charge on any atom is 0.335 e. The van der Waals surface area contributed by atoms with Crippen LogP contribution >= 0.6 is 0 Å². The highest BCUT2D eigenvalue weighted by molar-refractivity contribution is 6.06. The summed E-state index contributed by atoms with van der Waals surface area (Å²) in [5.74, 6) is -1.33. The van der Waals surface area contributed by atoms with Gasteiger partial charge >= 0.3 is 5.97 Å². The number of aromatic carboxylic acids is 1. The average molecular weight is 292 g/mol. The predicted molar refractivity (Wildman–Crippen MR) is 83.1 cm³/mol. The van der Waals surface area contributed by atoms with Gasteiger partial charge in [0.25, 0.3) is 5.91 Å². The Kier molecular flexibility index (Phi) is 3.53. The molecule has 2 aromatic carbocycles. The number of carboxylic acids is 1. The van der Waals surface area contributed by atoms with E-state index in [0.717, 1.165) is 10.9 Å². The third-order valence-electron chi connectivity index (χ3n) is 3.23. The Morgan fingerprint density at radius 3 is 2.64 bits per heavy atom. The third-order valence-corrected chi connectivity index (χ3v) is 3.23. The molecule has 0 unspecified atom stereocenters. The van der Waals surface area contributed by atoms with Crippen molar-refractivity contribution in [2.24, 2.45) is 0 Å². The number of carboxylic acid groups (broad SMARTS) is 1. The molecule has 3 aromatic rings. The van der Waals surface area contributed by atoms with Crippen molar-refractivity contribution in [2.75, 3.05) is 5.32 Å². The molecule has 108 valence electrons. The zero-order valence-electron chi connectivity index (χ0n) is 11.5. The minimum atomic E-state index is -1.03. The molecule has 0 atom stereocenters. The van der Waals surface area contributed by atoms with Gasteiger partial charge in [0, 0.05) is 22.8 Å². The van der Waals surface area contributed by atoms with Crippen LogP contribution in [-0.4, -0.2) is 22.0 Å². The first-order valence-electron chi connectivity index (χ1n) is 6.63. The van der Waals surface area contributed by atoms with E-state index in [4.69, 9.17) is 5.11 Å². The monoisotopic (exact) mass is 292 g/mol. The Hall–Kier alpha value is -3.21. The van der Waals surface area contributed by atoms with Crippen LogP contribution in [0.4, 0.5) is 5.69 Å². The fraction of sp³-hybridized carbons (Fsp3) is 0. The Morgan fingerprint density at radius 2 is 1.82 bits per heavy atom. The van der Waals surface area contributed by atoms with E-state index < -0.39 is 5.97 Å². The van der Waals surface area contributed by atoms with Gasteiger partial charge in [-0.3, -0.25) is 9.78 Å². The minimum absolute atomic E-state index is 0.125. The normalized spacial score (nSPS) is 10.4. The van der Waals surface area contributed by atoms with Crippen LogP contribution in [0.5, 0.6) is 0 Å². The van der Waals surface area contributed by atoms with Gasteiger partial charge in [0.2, 0.25) is 0 Å². The first-order valence-corrected chi connectivity index (χ1v) is 6.63. The second-order valence-corrected chi connectivity index (χ2v) is 4.75. The number of benzene rings is 2. The van der Waals surface area contributed by atoms with Crippen LogP contribution in [0, 0.1) is 0 Å². The summed E-state index contributed by atoms with van der Waals surface area (Å²) in [6, 6.07) is 15.0. The number of carbonyl (C=O) groups is 2. The number of aromatic nitrogens is 1. The maximum absolute atomic E-state index is 12.3. The smallest absolute Gasteiger partial charge is 0.335 e. The van der Waals surface area contributed by atoms with Gasteiger partial charge in [-0.05, 0) is 42.5 Å². The van der Waals surface area contributed by atoms with Crippen molar-refractivity contribution in [2.45, 2.75) is 0 Å². The molecule has 0 spiro atoms. The van der Waals surface area contributed by atoms with E-state index in [2.05, 4.69) is 10.3 Å². The highest BCUT2D eigenvalue weighted by Crippen LogP contribution is 2.16. The SMILES string of the molecule is O=C(O)c1cccc(NC(=O)c2ccc3ncccc3c2)c1. The van der Waals surface area contributed by atoms with Crippen LogP contribution in [-0.2, 0) is 0 Å². The number of hydrogen-bond donors (Lipinski definition) is 2. The van der Waals surface area contributed by atoms with Gasteiger partial charge in [-0.2, -0.15) is 0 Å². The van der Waals surface area contributed by atoms with Crippen molar-refractivity contribution in [1.29, 1.82) is 0 Å². The summed E-state index contributed by atoms with van der Waals surface area (Å²) in [7, 11) is 0. The van der Waals surface area contributed by atoms with Crippen LogP contribution in [0.15, 0.2) is 60.8 Å². The van der Waals surface area contributed by atoms with E-state index in [1.807, 2.05) is 6.07 Å². The molecule has 0 saturated carbocycles. The van der Waals surface area contributed by atoms with Gasteiger partial charge in [-0.15, -0.1) is 0 Å². The Balaban J connectivity index is 1.86. The van der Waals surface area contributed by atoms with Crippen LogP contribution in [0.1, 0.15) is 20.7 Å². The lowest BCUT2D eigenvalue weighted by Crippen LogP contribution is -2.12. The molecule has 1 heterocycles. The van der Waals surface area contributed by atoms with E-state index in [1.165, 1.54) is 12.1 Å². The second kappa shape index (κ2) is 5.65. The number of carbonyl (C=O) groups excluding carboxylic acids is 1. The van der Waals surface area contributed by atoms with Gasteiger partial charge in [0.05, 0.1) is 11.1 Å². The van der Waals surface area contributed by atoms with E-state index >= 15 is 0 Å². The van der Waals surface area contributed by atoms with Gasteiger partial charge in [0.15, 0.2) is 0 Å². The maximum atomic E-state index is 12.3. The van der Waals surface area contributed by atoms with Crippen molar-refractivity contribution in [3.63, 3.8) is 0 Å². The molecule has 0 aliphatic carbocycles. The highest BCUT2D eigenvalue weighted by atomic mass is 16.4. The fourth-order valence-electron chi connectivity index (χ4n) is 2.15. The highest BCUT2D eigenvalue weighted by Gasteiger charge is 2.09. The van der Waals surface area contributed by atoms with Crippen LogP contribution in [0.3, 0.4) is 0 Å². The topological polar surface area (TPSA) is 79.3 Å². The number of fused-ring (bicyclic) bond motifs is 1. The Morgan fingerprint density at radius 1 is 0.955 bits per heavy atom. The number of pyridine rings is 1. The van der Waals surface area contributed by atoms with Crippen LogP contribution in [0.2, 0.25) is 0 Å². The van der Waals surface area contributed by atoms with Crippen molar-refractivity contribution in [3.05, 3.63) is 71.9 Å². The number of amides is 1. The van der Waals surface area contributed by atoms with Crippen molar-refractivity contribution >= 4 is 28.5 Å². The van der Waals surface area contributed by atoms with E-state index in [9.17, 15) is 9.59 Å². The van der Waals surface area contributed by atoms with Crippen molar-refractivity contribution in [3.8, 4) is 0 Å². The minimum Gasteiger partial charge on any atom is -0.478 e. The molecule has 0 saturated heterocycles. The van der Waals surface area contributed by atoms with Crippen molar-refractivity contribution in [1.82, 2.24) is 4.98 Å². The second-order valence-electron chi connectivity index (χ2n) is 4.75. The summed E-state index contributed by atoms with van der Waals surface area (Å²) in [6.45, 7) is 0. The summed E-state index contributed by atoms with van der Waals surface area (Å²) in [4.78, 5) is 27.4. The number of rotatable bonds is 3. The summed E-state index contributed by atoms with van der Waals surface area (Å²) in [5, 5.41) is 12.5. The van der Waals surface area contributed by atoms with Gasteiger partial charge in [-0.25, -0.2) is 4.79 Å². The van der Waals surface area contributed by atoms with Gasteiger partial charge in [0.1, 0.15) is 0 Å². The Bertz CT molecular complexity index is 874. The molecule has 2 N–H and O–H groups in total. The molecular weight excluding hydrogens is 280 g/mol. The van der Waals surface area contributed by atoms with Gasteiger partial charge in [-0.1, -0.05) is 12.1 Å². The number of nitrogens with one attached hydrogen (secondary N) is 1. The standard InChI is InChI=1S/C17H12N2O3/c20-16(19-14-5-1-3-13(10-14)17(21)22)12-6-7-15-11(9-12)4-2-8-18-15/h1-10H,(H,19,20)(H,21,22). The number of hydrogen-bond acceptors (Lipinski definition) is 3. The molecule has 5 heteroatoms. The van der Waals surface area contributed by atoms with Crippen molar-refractivity contribution < 1.29 is 14.7 Å². The van der Waals surface area contributed by atoms with Gasteiger partial charge < -0.3 is 10.4 Å². The fourth-order valence-corrected chi connectivity index (χ4v) is 2.15. The lowest BCUT2D eigenvalue weighted by molar-refractivity contribution is 0.0696. The lowest BCUT2D eigenvalue weighted by Gasteiger charge is -2.07. The summed E-state index contributed by atoms with van der Waals surface area (Å²) in [6.07, 6.45) is 1.69. The van der Waals surface area contributed by atoms with E-state index in [1.54, 1.807) is 42.6 Å². The van der Waals surface area contributed by atoms with Crippen LogP contribution in [0.25, 0.3) is 10.9 Å².